The molecule has 0 aromatic carbocycles. The number of pyridine rings is 1. The average molecular weight is 339 g/mol. The topological polar surface area (TPSA) is 56.1 Å². The van der Waals surface area contributed by atoms with Crippen LogP contribution in [-0.4, -0.2) is 36.1 Å². The molecule has 0 aliphatic carbocycles. The van der Waals surface area contributed by atoms with Crippen molar-refractivity contribution in [2.45, 2.75) is 6.18 Å². The monoisotopic (exact) mass is 339 g/mol. The molecule has 0 unspecified atom stereocenters. The highest BCUT2D eigenvalue weighted by atomic mass is 32.1. The van der Waals surface area contributed by atoms with Gasteiger partial charge in [0.2, 0.25) is 0 Å². The van der Waals surface area contributed by atoms with Crippen LogP contribution in [0, 0.1) is 11.3 Å². The molecule has 23 heavy (non-hydrogen) atoms. The van der Waals surface area contributed by atoms with Crippen molar-refractivity contribution in [1.29, 1.82) is 5.26 Å². The molecule has 1 aliphatic rings. The molecule has 9 heteroatoms. The number of anilines is 2. The molecule has 0 N–H and O–H groups in total. The fourth-order valence-electron chi connectivity index (χ4n) is 2.39. The first kappa shape index (κ1) is 15.6. The molecule has 120 valence electrons. The Balaban J connectivity index is 1.69. The van der Waals surface area contributed by atoms with Crippen LogP contribution in [0.2, 0.25) is 0 Å². The Morgan fingerprint density at radius 3 is 2.43 bits per heavy atom. The highest BCUT2D eigenvalue weighted by Gasteiger charge is 2.34. The van der Waals surface area contributed by atoms with Crippen LogP contribution in [0.15, 0.2) is 24.5 Å². The number of aromatic nitrogens is 2. The van der Waals surface area contributed by atoms with Crippen LogP contribution < -0.4 is 9.80 Å². The molecule has 3 rings (SSSR count). The van der Waals surface area contributed by atoms with Crippen molar-refractivity contribution in [3.8, 4) is 6.07 Å². The lowest BCUT2D eigenvalue weighted by Gasteiger charge is -2.35. The predicted molar refractivity (Wildman–Crippen MR) is 80.5 cm³/mol. The maximum atomic E-state index is 12.6. The molecule has 0 atom stereocenters. The molecule has 0 amide bonds. The number of piperazine rings is 1. The zero-order valence-electron chi connectivity index (χ0n) is 11.9. The minimum atomic E-state index is -4.35. The molecular formula is C14H12F3N5S. The van der Waals surface area contributed by atoms with Crippen molar-refractivity contribution >= 4 is 22.3 Å². The summed E-state index contributed by atoms with van der Waals surface area (Å²) in [6.07, 6.45) is -1.86. The van der Waals surface area contributed by atoms with E-state index in [0.717, 1.165) is 6.20 Å². The van der Waals surface area contributed by atoms with Gasteiger partial charge in [-0.15, -0.1) is 0 Å². The minimum absolute atomic E-state index is 0.374. The molecule has 0 bridgehead atoms. The summed E-state index contributed by atoms with van der Waals surface area (Å²) in [6.45, 7) is 2.22. The Bertz CT molecular complexity index is 728. The SMILES string of the molecule is N#Cc1cccnc1N1CCN(c2ncc(C(F)(F)F)s2)CC1. The van der Waals surface area contributed by atoms with Crippen LogP contribution in [0.25, 0.3) is 0 Å². The number of thiazole rings is 1. The molecule has 1 aliphatic heterocycles. The highest BCUT2D eigenvalue weighted by molar-refractivity contribution is 7.15. The van der Waals surface area contributed by atoms with Gasteiger partial charge in [0.05, 0.1) is 11.8 Å². The van der Waals surface area contributed by atoms with Gasteiger partial charge in [0.25, 0.3) is 0 Å². The molecule has 2 aromatic heterocycles. The van der Waals surface area contributed by atoms with Gasteiger partial charge in [0.1, 0.15) is 16.8 Å². The Hall–Kier alpha value is -2.34. The minimum Gasteiger partial charge on any atom is -0.352 e. The first-order valence-corrected chi connectivity index (χ1v) is 7.69. The van der Waals surface area contributed by atoms with Crippen LogP contribution >= 0.6 is 11.3 Å². The third-order valence-electron chi connectivity index (χ3n) is 3.53. The lowest BCUT2D eigenvalue weighted by Crippen LogP contribution is -2.47. The quantitative estimate of drug-likeness (QED) is 0.842. The van der Waals surface area contributed by atoms with Crippen molar-refractivity contribution < 1.29 is 13.2 Å². The van der Waals surface area contributed by atoms with Gasteiger partial charge >= 0.3 is 6.18 Å². The van der Waals surface area contributed by atoms with Gasteiger partial charge in [-0.05, 0) is 12.1 Å². The second kappa shape index (κ2) is 6.04. The van der Waals surface area contributed by atoms with Crippen LogP contribution in [0.5, 0.6) is 0 Å². The van der Waals surface area contributed by atoms with Gasteiger partial charge in [0.15, 0.2) is 5.13 Å². The summed E-state index contributed by atoms with van der Waals surface area (Å²) in [5.74, 6) is 0.616. The van der Waals surface area contributed by atoms with E-state index in [2.05, 4.69) is 16.0 Å². The second-order valence-corrected chi connectivity index (χ2v) is 5.97. The van der Waals surface area contributed by atoms with Gasteiger partial charge in [-0.3, -0.25) is 0 Å². The van der Waals surface area contributed by atoms with Crippen LogP contribution in [-0.2, 0) is 6.18 Å². The number of rotatable bonds is 2. The molecule has 1 fully saturated rings. The molecule has 0 spiro atoms. The van der Waals surface area contributed by atoms with E-state index in [1.165, 1.54) is 0 Å². The van der Waals surface area contributed by atoms with E-state index in [1.54, 1.807) is 18.3 Å². The molecule has 2 aromatic rings. The first-order valence-electron chi connectivity index (χ1n) is 6.87. The Kier molecular flexibility index (Phi) is 4.09. The standard InChI is InChI=1S/C14H12F3N5S/c15-14(16,17)11-9-20-13(23-11)22-6-4-21(5-7-22)12-10(8-18)2-1-3-19-12/h1-3,9H,4-7H2. The van der Waals surface area contributed by atoms with E-state index in [9.17, 15) is 13.2 Å². The van der Waals surface area contributed by atoms with Crippen LogP contribution in [0.4, 0.5) is 24.1 Å². The van der Waals surface area contributed by atoms with E-state index < -0.39 is 11.1 Å². The zero-order valence-corrected chi connectivity index (χ0v) is 12.7. The fourth-order valence-corrected chi connectivity index (χ4v) is 3.22. The third kappa shape index (κ3) is 3.22. The Morgan fingerprint density at radius 2 is 1.83 bits per heavy atom. The lowest BCUT2D eigenvalue weighted by atomic mass is 10.2. The number of nitriles is 1. The van der Waals surface area contributed by atoms with Crippen LogP contribution in [0.3, 0.4) is 0 Å². The summed E-state index contributed by atoms with van der Waals surface area (Å²) < 4.78 is 37.9. The summed E-state index contributed by atoms with van der Waals surface area (Å²) in [6, 6.07) is 5.50. The number of nitrogens with zero attached hydrogens (tertiary/aromatic N) is 5. The van der Waals surface area contributed by atoms with Crippen molar-refractivity contribution in [3.05, 3.63) is 35.0 Å². The average Bonchev–Trinajstić information content (AvgIpc) is 3.05. The molecular weight excluding hydrogens is 327 g/mol. The molecule has 5 nitrogen and oxygen atoms in total. The summed E-state index contributed by atoms with van der Waals surface area (Å²) in [5.41, 5.74) is 0.495. The highest BCUT2D eigenvalue weighted by Crippen LogP contribution is 2.36. The largest absolute Gasteiger partial charge is 0.427 e. The van der Waals surface area contributed by atoms with Crippen molar-refractivity contribution in [2.24, 2.45) is 0 Å². The summed E-state index contributed by atoms with van der Waals surface area (Å²) in [4.78, 5) is 11.2. The Morgan fingerprint density at radius 1 is 1.13 bits per heavy atom. The number of halogens is 3. The number of hydrogen-bond donors (Lipinski definition) is 0. The van der Waals surface area contributed by atoms with E-state index in [4.69, 9.17) is 5.26 Å². The van der Waals surface area contributed by atoms with E-state index in [-0.39, 0.29) is 0 Å². The lowest BCUT2D eigenvalue weighted by molar-refractivity contribution is -0.134. The number of alkyl halides is 3. The zero-order chi connectivity index (χ0) is 16.4. The molecule has 1 saturated heterocycles. The smallest absolute Gasteiger partial charge is 0.352 e. The maximum Gasteiger partial charge on any atom is 0.427 e. The normalized spacial score (nSPS) is 15.6. The van der Waals surface area contributed by atoms with Crippen LogP contribution in [0.1, 0.15) is 10.4 Å². The fraction of sp³-hybridized carbons (Fsp3) is 0.357. The van der Waals surface area contributed by atoms with Crippen molar-refractivity contribution in [1.82, 2.24) is 9.97 Å². The third-order valence-corrected chi connectivity index (χ3v) is 4.63. The van der Waals surface area contributed by atoms with Gasteiger partial charge in [-0.25, -0.2) is 9.97 Å². The van der Waals surface area contributed by atoms with Gasteiger partial charge in [-0.1, -0.05) is 11.3 Å². The summed E-state index contributed by atoms with van der Waals surface area (Å²) in [5, 5.41) is 9.49. The molecule has 0 radical (unpaired) electrons. The van der Waals surface area contributed by atoms with E-state index >= 15 is 0 Å². The summed E-state index contributed by atoms with van der Waals surface area (Å²) in [7, 11) is 0. The second-order valence-electron chi connectivity index (χ2n) is 4.97. The van der Waals surface area contributed by atoms with E-state index in [1.807, 2.05) is 9.80 Å². The van der Waals surface area contributed by atoms with Crippen molar-refractivity contribution in [2.75, 3.05) is 36.0 Å². The number of hydrogen-bond acceptors (Lipinski definition) is 6. The van der Waals surface area contributed by atoms with E-state index in [0.29, 0.717) is 54.0 Å². The predicted octanol–water partition coefficient (Wildman–Crippen LogP) is 2.76. The molecule has 0 saturated carbocycles. The van der Waals surface area contributed by atoms with Crippen molar-refractivity contribution in [3.63, 3.8) is 0 Å². The Labute approximate surface area is 134 Å². The maximum absolute atomic E-state index is 12.6. The van der Waals surface area contributed by atoms with Gasteiger partial charge in [0, 0.05) is 32.4 Å². The summed E-state index contributed by atoms with van der Waals surface area (Å²) >= 11 is 0.654. The first-order chi connectivity index (χ1) is 11.0. The van der Waals surface area contributed by atoms with Gasteiger partial charge in [-0.2, -0.15) is 18.4 Å². The van der Waals surface area contributed by atoms with Gasteiger partial charge < -0.3 is 9.80 Å². The molecule has 3 heterocycles.